The van der Waals surface area contributed by atoms with E-state index in [1.54, 1.807) is 0 Å². The van der Waals surface area contributed by atoms with Crippen molar-refractivity contribution in [3.8, 4) is 0 Å². The summed E-state index contributed by atoms with van der Waals surface area (Å²) in [4.78, 5) is 37.8. The van der Waals surface area contributed by atoms with E-state index >= 15 is 0 Å². The average Bonchev–Trinajstić information content (AvgIpc) is 3.19. The highest BCUT2D eigenvalue weighted by Crippen LogP contribution is 2.15. The van der Waals surface area contributed by atoms with E-state index in [4.69, 9.17) is 14.2 Å². The minimum absolute atomic E-state index is 0.0868. The third-order valence-corrected chi connectivity index (χ3v) is 10.1. The number of carbonyl (C=O) groups is 3. The maximum Gasteiger partial charge on any atom is 0.306 e. The molecule has 0 radical (unpaired) electrons. The van der Waals surface area contributed by atoms with E-state index in [9.17, 15) is 14.4 Å². The zero-order valence-electron chi connectivity index (χ0n) is 36.9. The van der Waals surface area contributed by atoms with Crippen molar-refractivity contribution in [2.75, 3.05) is 13.2 Å². The molecule has 0 unspecified atom stereocenters. The van der Waals surface area contributed by atoms with Crippen LogP contribution in [0.2, 0.25) is 0 Å². The van der Waals surface area contributed by atoms with Crippen molar-refractivity contribution in [2.45, 2.75) is 239 Å². The van der Waals surface area contributed by atoms with Crippen molar-refractivity contribution in [3.05, 3.63) is 48.6 Å². The van der Waals surface area contributed by atoms with Gasteiger partial charge in [0, 0.05) is 19.3 Å². The largest absolute Gasteiger partial charge is 0.462 e. The highest BCUT2D eigenvalue weighted by Gasteiger charge is 2.19. The van der Waals surface area contributed by atoms with Crippen LogP contribution in [-0.2, 0) is 28.6 Å². The Morgan fingerprint density at radius 2 is 0.696 bits per heavy atom. The predicted molar refractivity (Wildman–Crippen MR) is 238 cm³/mol. The normalized spacial score (nSPS) is 12.4. The molecule has 0 saturated heterocycles. The number of hydrogen-bond acceptors (Lipinski definition) is 6. The van der Waals surface area contributed by atoms with Gasteiger partial charge in [-0.15, -0.1) is 0 Å². The SMILES string of the molecule is CC/C=C\C/C=C\C/C=C\C/C=C\CCCCC(=O)O[C@@H](COC(=O)CCCCCCCCCCCCC)COC(=O)CCCCCCCCCCCCCC. The molecule has 0 rings (SSSR count). The lowest BCUT2D eigenvalue weighted by Gasteiger charge is -2.18. The lowest BCUT2D eigenvalue weighted by molar-refractivity contribution is -0.167. The smallest absolute Gasteiger partial charge is 0.306 e. The van der Waals surface area contributed by atoms with Crippen LogP contribution in [0.3, 0.4) is 0 Å². The molecule has 6 nitrogen and oxygen atoms in total. The van der Waals surface area contributed by atoms with E-state index in [0.717, 1.165) is 77.0 Å². The van der Waals surface area contributed by atoms with Crippen molar-refractivity contribution >= 4 is 17.9 Å². The van der Waals surface area contributed by atoms with Gasteiger partial charge in [0.15, 0.2) is 6.10 Å². The zero-order chi connectivity index (χ0) is 40.8. The molecule has 0 bridgehead atoms. The van der Waals surface area contributed by atoms with Gasteiger partial charge in [-0.2, -0.15) is 0 Å². The molecule has 0 amide bonds. The maximum absolute atomic E-state index is 12.7. The lowest BCUT2D eigenvalue weighted by Crippen LogP contribution is -2.30. The molecule has 0 heterocycles. The summed E-state index contributed by atoms with van der Waals surface area (Å²) in [5.74, 6) is -0.926. The average molecular weight is 785 g/mol. The Hall–Kier alpha value is -2.63. The van der Waals surface area contributed by atoms with E-state index < -0.39 is 6.10 Å². The van der Waals surface area contributed by atoms with Crippen LogP contribution >= 0.6 is 0 Å². The zero-order valence-corrected chi connectivity index (χ0v) is 36.9. The summed E-state index contributed by atoms with van der Waals surface area (Å²) in [6.07, 6.45) is 52.3. The third kappa shape index (κ3) is 42.5. The molecule has 56 heavy (non-hydrogen) atoms. The first-order valence-electron chi connectivity index (χ1n) is 23.6. The van der Waals surface area contributed by atoms with E-state index in [-0.39, 0.29) is 37.5 Å². The summed E-state index contributed by atoms with van der Waals surface area (Å²) in [5.41, 5.74) is 0. The molecule has 0 aliphatic carbocycles. The van der Waals surface area contributed by atoms with Crippen LogP contribution in [0.25, 0.3) is 0 Å². The first-order valence-corrected chi connectivity index (χ1v) is 23.6. The molecule has 6 heteroatoms. The van der Waals surface area contributed by atoms with Crippen molar-refractivity contribution in [1.82, 2.24) is 0 Å². The number of carbonyl (C=O) groups excluding carboxylic acids is 3. The van der Waals surface area contributed by atoms with Crippen LogP contribution in [0.1, 0.15) is 233 Å². The second-order valence-electron chi connectivity index (χ2n) is 15.6. The van der Waals surface area contributed by atoms with Gasteiger partial charge >= 0.3 is 17.9 Å². The minimum atomic E-state index is -0.788. The van der Waals surface area contributed by atoms with Crippen molar-refractivity contribution in [3.63, 3.8) is 0 Å². The Labute approximate surface area is 346 Å². The van der Waals surface area contributed by atoms with Crippen molar-refractivity contribution in [1.29, 1.82) is 0 Å². The molecule has 0 aromatic rings. The molecule has 0 fully saturated rings. The molecule has 0 aromatic carbocycles. The summed E-state index contributed by atoms with van der Waals surface area (Å²) in [5, 5.41) is 0. The van der Waals surface area contributed by atoms with Gasteiger partial charge in [-0.05, 0) is 57.8 Å². The molecule has 324 valence electrons. The summed E-state index contributed by atoms with van der Waals surface area (Å²) in [6.45, 7) is 6.48. The fourth-order valence-electron chi connectivity index (χ4n) is 6.55. The molecule has 1 atom stereocenters. The van der Waals surface area contributed by atoms with Crippen LogP contribution in [0.15, 0.2) is 48.6 Å². The number of unbranched alkanes of at least 4 members (excludes halogenated alkanes) is 23. The quantitative estimate of drug-likeness (QED) is 0.0265. The van der Waals surface area contributed by atoms with Gasteiger partial charge in [-0.25, -0.2) is 0 Å². The van der Waals surface area contributed by atoms with Crippen LogP contribution in [0, 0.1) is 0 Å². The number of allylic oxidation sites excluding steroid dienone is 8. The molecular formula is C50H88O6. The fourth-order valence-corrected chi connectivity index (χ4v) is 6.55. The summed E-state index contributed by atoms with van der Waals surface area (Å²) >= 11 is 0. The summed E-state index contributed by atoms with van der Waals surface area (Å²) < 4.78 is 16.7. The van der Waals surface area contributed by atoms with Gasteiger partial charge < -0.3 is 14.2 Å². The molecule has 0 N–H and O–H groups in total. The Morgan fingerprint density at radius 1 is 0.375 bits per heavy atom. The minimum Gasteiger partial charge on any atom is -0.462 e. The fraction of sp³-hybridized carbons (Fsp3) is 0.780. The van der Waals surface area contributed by atoms with Gasteiger partial charge in [0.05, 0.1) is 0 Å². The Morgan fingerprint density at radius 3 is 1.09 bits per heavy atom. The standard InChI is InChI=1S/C50H88O6/c1-4-7-10-13-16-19-22-24-25-26-29-32-35-38-41-44-50(53)56-47(45-54-48(51)42-39-36-33-30-27-21-18-15-12-9-6-3)46-55-49(52)43-40-37-34-31-28-23-20-17-14-11-8-5-2/h7,10,16,19,24-25,29,32,47H,4-6,8-9,11-15,17-18,20-23,26-28,30-31,33-46H2,1-3H3/b10-7-,19-16-,25-24-,32-29-/t47-/m0/s1. The Bertz CT molecular complexity index is 996. The topological polar surface area (TPSA) is 78.9 Å². The van der Waals surface area contributed by atoms with Gasteiger partial charge in [0.1, 0.15) is 13.2 Å². The summed E-state index contributed by atoms with van der Waals surface area (Å²) in [7, 11) is 0. The first-order chi connectivity index (χ1) is 27.5. The van der Waals surface area contributed by atoms with Gasteiger partial charge in [0.25, 0.3) is 0 Å². The second-order valence-corrected chi connectivity index (χ2v) is 15.6. The highest BCUT2D eigenvalue weighted by molar-refractivity contribution is 5.71. The molecule has 0 spiro atoms. The van der Waals surface area contributed by atoms with Gasteiger partial charge in [-0.3, -0.25) is 14.4 Å². The van der Waals surface area contributed by atoms with E-state index in [1.807, 2.05) is 0 Å². The highest BCUT2D eigenvalue weighted by atomic mass is 16.6. The first kappa shape index (κ1) is 53.4. The van der Waals surface area contributed by atoms with Crippen molar-refractivity contribution in [2.24, 2.45) is 0 Å². The third-order valence-electron chi connectivity index (χ3n) is 10.1. The van der Waals surface area contributed by atoms with Crippen molar-refractivity contribution < 1.29 is 28.6 Å². The van der Waals surface area contributed by atoms with Gasteiger partial charge in [0.2, 0.25) is 0 Å². The lowest BCUT2D eigenvalue weighted by atomic mass is 10.0. The van der Waals surface area contributed by atoms with Crippen LogP contribution in [0.4, 0.5) is 0 Å². The molecule has 0 aliphatic heterocycles. The number of ether oxygens (including phenoxy) is 3. The monoisotopic (exact) mass is 785 g/mol. The predicted octanol–water partition coefficient (Wildman–Crippen LogP) is 15.1. The second kappa shape index (κ2) is 45.1. The van der Waals surface area contributed by atoms with Crippen LogP contribution in [-0.4, -0.2) is 37.2 Å². The van der Waals surface area contributed by atoms with Crippen LogP contribution < -0.4 is 0 Å². The Kier molecular flexibility index (Phi) is 43.0. The molecule has 0 saturated carbocycles. The van der Waals surface area contributed by atoms with Gasteiger partial charge in [-0.1, -0.05) is 204 Å². The van der Waals surface area contributed by atoms with E-state index in [2.05, 4.69) is 69.4 Å². The Balaban J connectivity index is 4.44. The number of rotatable bonds is 42. The van der Waals surface area contributed by atoms with E-state index in [1.165, 1.54) is 109 Å². The van der Waals surface area contributed by atoms with E-state index in [0.29, 0.717) is 19.3 Å². The number of hydrogen-bond donors (Lipinski definition) is 0. The number of esters is 3. The van der Waals surface area contributed by atoms with Crippen LogP contribution in [0.5, 0.6) is 0 Å². The summed E-state index contributed by atoms with van der Waals surface area (Å²) in [6, 6.07) is 0. The molecular weight excluding hydrogens is 697 g/mol. The maximum atomic E-state index is 12.7. The molecule has 0 aromatic heterocycles. The molecule has 0 aliphatic rings.